The fourth-order valence-electron chi connectivity index (χ4n) is 2.15. The number of hydrogen-bond acceptors (Lipinski definition) is 4. The first-order chi connectivity index (χ1) is 9.03. The summed E-state index contributed by atoms with van der Waals surface area (Å²) < 4.78 is 51.5. The lowest BCUT2D eigenvalue weighted by Crippen LogP contribution is -2.46. The van der Waals surface area contributed by atoms with Crippen molar-refractivity contribution in [2.24, 2.45) is 0 Å². The number of nitrogens with one attached hydrogen (secondary N) is 1. The van der Waals surface area contributed by atoms with Gasteiger partial charge in [-0.2, -0.15) is 0 Å². The van der Waals surface area contributed by atoms with Gasteiger partial charge >= 0.3 is 0 Å². The van der Waals surface area contributed by atoms with Crippen LogP contribution in [0.4, 0.5) is 0 Å². The Morgan fingerprint density at radius 1 is 1.30 bits per heavy atom. The van der Waals surface area contributed by atoms with Gasteiger partial charge in [0.15, 0.2) is 9.84 Å². The van der Waals surface area contributed by atoms with E-state index in [1.807, 2.05) is 0 Å². The Balaban J connectivity index is 2.35. The van der Waals surface area contributed by atoms with Crippen LogP contribution in [0.25, 0.3) is 0 Å². The molecule has 1 aromatic carbocycles. The number of halogens is 2. The van der Waals surface area contributed by atoms with Crippen molar-refractivity contribution in [2.45, 2.75) is 23.8 Å². The third kappa shape index (κ3) is 3.62. The van der Waals surface area contributed by atoms with Gasteiger partial charge in [-0.3, -0.25) is 0 Å². The molecule has 112 valence electrons. The fraction of sp³-hybridized carbons (Fsp3) is 0.455. The van der Waals surface area contributed by atoms with E-state index in [0.29, 0.717) is 8.95 Å². The molecule has 0 radical (unpaired) electrons. The predicted octanol–water partition coefficient (Wildman–Crippen LogP) is 2.07. The van der Waals surface area contributed by atoms with Gasteiger partial charge in [0.2, 0.25) is 10.0 Å². The summed E-state index contributed by atoms with van der Waals surface area (Å²) in [6, 6.07) is 4.80. The summed E-state index contributed by atoms with van der Waals surface area (Å²) in [6.45, 7) is 1.61. The number of benzene rings is 1. The van der Waals surface area contributed by atoms with Gasteiger partial charge in [0, 0.05) is 14.5 Å². The van der Waals surface area contributed by atoms with Crippen LogP contribution < -0.4 is 4.72 Å². The lowest BCUT2D eigenvalue weighted by molar-refractivity contribution is 0.461. The first-order valence-electron chi connectivity index (χ1n) is 5.73. The van der Waals surface area contributed by atoms with Crippen LogP contribution in [-0.4, -0.2) is 33.9 Å². The molecule has 1 aliphatic rings. The second-order valence-electron chi connectivity index (χ2n) is 5.08. The van der Waals surface area contributed by atoms with Crippen LogP contribution in [0.1, 0.15) is 13.3 Å². The van der Waals surface area contributed by atoms with E-state index < -0.39 is 25.4 Å². The zero-order chi connectivity index (χ0) is 15.2. The molecule has 20 heavy (non-hydrogen) atoms. The van der Waals surface area contributed by atoms with Crippen molar-refractivity contribution in [3.63, 3.8) is 0 Å². The van der Waals surface area contributed by atoms with Crippen LogP contribution in [0.3, 0.4) is 0 Å². The van der Waals surface area contributed by atoms with E-state index in [2.05, 4.69) is 36.6 Å². The molecule has 0 aliphatic carbocycles. The number of hydrogen-bond donors (Lipinski definition) is 1. The van der Waals surface area contributed by atoms with Crippen LogP contribution in [0.2, 0.25) is 0 Å². The highest BCUT2D eigenvalue weighted by atomic mass is 79.9. The largest absolute Gasteiger partial charge is 0.242 e. The Bertz CT molecular complexity index is 746. The average Bonchev–Trinajstić information content (AvgIpc) is 2.55. The molecule has 1 aliphatic heterocycles. The average molecular weight is 447 g/mol. The first-order valence-corrected chi connectivity index (χ1v) is 10.6. The third-order valence-electron chi connectivity index (χ3n) is 3.07. The van der Waals surface area contributed by atoms with Gasteiger partial charge in [-0.1, -0.05) is 15.9 Å². The molecule has 5 nitrogen and oxygen atoms in total. The summed E-state index contributed by atoms with van der Waals surface area (Å²) in [5.41, 5.74) is -0.959. The van der Waals surface area contributed by atoms with Gasteiger partial charge < -0.3 is 0 Å². The van der Waals surface area contributed by atoms with E-state index in [1.54, 1.807) is 19.1 Å². The third-order valence-corrected chi connectivity index (χ3v) is 8.10. The second kappa shape index (κ2) is 5.35. The summed E-state index contributed by atoms with van der Waals surface area (Å²) in [7, 11) is -6.97. The molecule has 0 bridgehead atoms. The molecule has 0 unspecified atom stereocenters. The molecule has 1 saturated heterocycles. The standard InChI is InChI=1S/C11H13Br2NO4S2/c1-11(4-5-19(15,16)7-11)14-20(17,18)10-6-8(12)2-3-9(10)13/h2-3,6,14H,4-5,7H2,1H3/t11-/m0/s1. The minimum absolute atomic E-state index is 0.00563. The van der Waals surface area contributed by atoms with Crippen molar-refractivity contribution in [1.29, 1.82) is 0 Å². The van der Waals surface area contributed by atoms with Crippen molar-refractivity contribution in [2.75, 3.05) is 11.5 Å². The number of rotatable bonds is 3. The highest BCUT2D eigenvalue weighted by Crippen LogP contribution is 2.29. The maximum atomic E-state index is 12.4. The van der Waals surface area contributed by atoms with E-state index >= 15 is 0 Å². The van der Waals surface area contributed by atoms with Gasteiger partial charge in [-0.25, -0.2) is 21.6 Å². The lowest BCUT2D eigenvalue weighted by atomic mass is 10.0. The van der Waals surface area contributed by atoms with E-state index in [0.717, 1.165) is 0 Å². The molecular weight excluding hydrogens is 434 g/mol. The molecule has 1 N–H and O–H groups in total. The molecular formula is C11H13Br2NO4S2. The normalized spacial score (nSPS) is 25.8. The minimum Gasteiger partial charge on any atom is -0.229 e. The lowest BCUT2D eigenvalue weighted by Gasteiger charge is -2.24. The predicted molar refractivity (Wildman–Crippen MR) is 83.8 cm³/mol. The summed E-state index contributed by atoms with van der Waals surface area (Å²) in [6.07, 6.45) is 0.278. The van der Waals surface area contributed by atoms with Gasteiger partial charge in [-0.15, -0.1) is 0 Å². The van der Waals surface area contributed by atoms with Crippen molar-refractivity contribution in [1.82, 2.24) is 4.72 Å². The molecule has 1 heterocycles. The topological polar surface area (TPSA) is 80.3 Å². The van der Waals surface area contributed by atoms with Crippen molar-refractivity contribution in [3.05, 3.63) is 27.1 Å². The van der Waals surface area contributed by atoms with Gasteiger partial charge in [0.05, 0.1) is 16.4 Å². The van der Waals surface area contributed by atoms with Gasteiger partial charge in [-0.05, 0) is 47.5 Å². The van der Waals surface area contributed by atoms with Crippen molar-refractivity contribution in [3.8, 4) is 0 Å². The van der Waals surface area contributed by atoms with Crippen LogP contribution in [0.15, 0.2) is 32.0 Å². The Kier molecular flexibility index (Phi) is 4.39. The molecule has 0 amide bonds. The van der Waals surface area contributed by atoms with Crippen LogP contribution >= 0.6 is 31.9 Å². The van der Waals surface area contributed by atoms with Crippen molar-refractivity contribution < 1.29 is 16.8 Å². The van der Waals surface area contributed by atoms with E-state index in [4.69, 9.17) is 0 Å². The van der Waals surface area contributed by atoms with E-state index in [1.165, 1.54) is 6.07 Å². The highest BCUT2D eigenvalue weighted by molar-refractivity contribution is 9.11. The molecule has 0 aromatic heterocycles. The first kappa shape index (κ1) is 16.4. The number of sulfonamides is 1. The van der Waals surface area contributed by atoms with Crippen molar-refractivity contribution >= 4 is 51.7 Å². The Labute approximate surface area is 135 Å². The monoisotopic (exact) mass is 445 g/mol. The second-order valence-corrected chi connectivity index (χ2v) is 10.7. The summed E-state index contributed by atoms with van der Waals surface area (Å²) in [4.78, 5) is 0.0809. The maximum Gasteiger partial charge on any atom is 0.242 e. The zero-order valence-electron chi connectivity index (χ0n) is 10.6. The fourth-order valence-corrected chi connectivity index (χ4v) is 7.28. The Hall–Kier alpha value is 0.0400. The van der Waals surface area contributed by atoms with Gasteiger partial charge in [0.1, 0.15) is 0 Å². The quantitative estimate of drug-likeness (QED) is 0.770. The van der Waals surface area contributed by atoms with Crippen LogP contribution in [-0.2, 0) is 19.9 Å². The zero-order valence-corrected chi connectivity index (χ0v) is 15.4. The SMILES string of the molecule is C[C@]1(NS(=O)(=O)c2cc(Br)ccc2Br)CCS(=O)(=O)C1. The summed E-state index contributed by atoms with van der Waals surface area (Å²) in [5.74, 6) is -0.170. The molecule has 1 atom stereocenters. The summed E-state index contributed by atoms with van der Waals surface area (Å²) >= 11 is 6.42. The van der Waals surface area contributed by atoms with Crippen LogP contribution in [0, 0.1) is 0 Å². The summed E-state index contributed by atoms with van der Waals surface area (Å²) in [5, 5.41) is 0. The molecule has 0 spiro atoms. The minimum atomic E-state index is -3.80. The Morgan fingerprint density at radius 3 is 2.50 bits per heavy atom. The molecule has 2 rings (SSSR count). The Morgan fingerprint density at radius 2 is 1.95 bits per heavy atom. The number of sulfone groups is 1. The molecule has 9 heteroatoms. The van der Waals surface area contributed by atoms with Crippen LogP contribution in [0.5, 0.6) is 0 Å². The highest BCUT2D eigenvalue weighted by Gasteiger charge is 2.41. The smallest absolute Gasteiger partial charge is 0.229 e. The van der Waals surface area contributed by atoms with Gasteiger partial charge in [0.25, 0.3) is 0 Å². The molecule has 0 saturated carbocycles. The maximum absolute atomic E-state index is 12.4. The molecule has 1 aromatic rings. The molecule has 1 fully saturated rings. The van der Waals surface area contributed by atoms with E-state index in [9.17, 15) is 16.8 Å². The van der Waals surface area contributed by atoms with E-state index in [-0.39, 0.29) is 22.8 Å².